The SMILES string of the molecule is O=C(C=Cc1ccc([N+](=O)[O-])cc1)Nc1cccc(Br)c1. The molecule has 0 bridgehead atoms. The predicted molar refractivity (Wildman–Crippen MR) is 84.9 cm³/mol. The highest BCUT2D eigenvalue weighted by molar-refractivity contribution is 9.10. The normalized spacial score (nSPS) is 10.5. The lowest BCUT2D eigenvalue weighted by molar-refractivity contribution is -0.384. The van der Waals surface area contributed by atoms with E-state index in [1.165, 1.54) is 18.2 Å². The van der Waals surface area contributed by atoms with Crippen LogP contribution in [0.25, 0.3) is 6.08 Å². The largest absolute Gasteiger partial charge is 0.322 e. The highest BCUT2D eigenvalue weighted by atomic mass is 79.9. The molecule has 0 spiro atoms. The Labute approximate surface area is 129 Å². The van der Waals surface area contributed by atoms with Crippen LogP contribution in [0.5, 0.6) is 0 Å². The van der Waals surface area contributed by atoms with Crippen molar-refractivity contribution in [1.82, 2.24) is 0 Å². The molecule has 0 fully saturated rings. The molecule has 0 aliphatic rings. The van der Waals surface area contributed by atoms with Crippen LogP contribution in [-0.4, -0.2) is 10.8 Å². The maximum Gasteiger partial charge on any atom is 0.269 e. The fourth-order valence-corrected chi connectivity index (χ4v) is 2.03. The minimum absolute atomic E-state index is 0.0192. The predicted octanol–water partition coefficient (Wildman–Crippen LogP) is 4.01. The number of anilines is 1. The Hall–Kier alpha value is -2.47. The first kappa shape index (κ1) is 14.9. The number of carbonyl (C=O) groups is 1. The van der Waals surface area contributed by atoms with Crippen LogP contribution in [0.3, 0.4) is 0 Å². The van der Waals surface area contributed by atoms with Gasteiger partial charge in [-0.3, -0.25) is 14.9 Å². The van der Waals surface area contributed by atoms with E-state index in [2.05, 4.69) is 21.2 Å². The molecule has 0 unspecified atom stereocenters. The number of amides is 1. The fraction of sp³-hybridized carbons (Fsp3) is 0. The summed E-state index contributed by atoms with van der Waals surface area (Å²) in [4.78, 5) is 21.8. The zero-order valence-electron chi connectivity index (χ0n) is 10.8. The first-order chi connectivity index (χ1) is 10.0. The molecular formula is C15H11BrN2O3. The van der Waals surface area contributed by atoms with E-state index in [1.54, 1.807) is 30.3 Å². The summed E-state index contributed by atoms with van der Waals surface area (Å²) in [7, 11) is 0. The van der Waals surface area contributed by atoms with Gasteiger partial charge in [0.1, 0.15) is 0 Å². The lowest BCUT2D eigenvalue weighted by Crippen LogP contribution is -2.07. The standard InChI is InChI=1S/C15H11BrN2O3/c16-12-2-1-3-13(10-12)17-15(19)9-6-11-4-7-14(8-5-11)18(20)21/h1-10H,(H,17,19). The summed E-state index contributed by atoms with van der Waals surface area (Å²) in [6, 6.07) is 13.2. The number of hydrogen-bond acceptors (Lipinski definition) is 3. The molecule has 5 nitrogen and oxygen atoms in total. The number of rotatable bonds is 4. The smallest absolute Gasteiger partial charge is 0.269 e. The van der Waals surface area contributed by atoms with Gasteiger partial charge < -0.3 is 5.32 Å². The Kier molecular flexibility index (Phi) is 4.84. The number of nitro groups is 1. The molecule has 0 aromatic heterocycles. The van der Waals surface area contributed by atoms with Gasteiger partial charge in [-0.05, 0) is 42.0 Å². The van der Waals surface area contributed by atoms with Gasteiger partial charge in [0.15, 0.2) is 0 Å². The zero-order chi connectivity index (χ0) is 15.2. The van der Waals surface area contributed by atoms with Crippen LogP contribution in [-0.2, 0) is 4.79 Å². The summed E-state index contributed by atoms with van der Waals surface area (Å²) in [6.07, 6.45) is 2.97. The van der Waals surface area contributed by atoms with Crippen molar-refractivity contribution in [2.75, 3.05) is 5.32 Å². The molecule has 1 N–H and O–H groups in total. The van der Waals surface area contributed by atoms with Crippen molar-refractivity contribution in [1.29, 1.82) is 0 Å². The second kappa shape index (κ2) is 6.81. The van der Waals surface area contributed by atoms with E-state index in [0.29, 0.717) is 11.3 Å². The van der Waals surface area contributed by atoms with Crippen LogP contribution in [0.1, 0.15) is 5.56 Å². The number of halogens is 1. The highest BCUT2D eigenvalue weighted by Gasteiger charge is 2.03. The van der Waals surface area contributed by atoms with Crippen LogP contribution in [0, 0.1) is 10.1 Å². The molecule has 21 heavy (non-hydrogen) atoms. The van der Waals surface area contributed by atoms with Crippen LogP contribution in [0.2, 0.25) is 0 Å². The molecule has 1 amide bonds. The molecule has 2 aromatic rings. The summed E-state index contributed by atoms with van der Waals surface area (Å²) >= 11 is 3.32. The van der Waals surface area contributed by atoms with Gasteiger partial charge in [-0.25, -0.2) is 0 Å². The summed E-state index contributed by atoms with van der Waals surface area (Å²) in [5.74, 6) is -0.272. The van der Waals surface area contributed by atoms with Crippen molar-refractivity contribution in [3.63, 3.8) is 0 Å². The van der Waals surface area contributed by atoms with E-state index in [4.69, 9.17) is 0 Å². The lowest BCUT2D eigenvalue weighted by Gasteiger charge is -2.02. The molecule has 0 aliphatic carbocycles. The quantitative estimate of drug-likeness (QED) is 0.516. The molecule has 2 rings (SSSR count). The van der Waals surface area contributed by atoms with Gasteiger partial charge in [0.2, 0.25) is 5.91 Å². The average molecular weight is 347 g/mol. The van der Waals surface area contributed by atoms with Gasteiger partial charge in [-0.2, -0.15) is 0 Å². The number of carbonyl (C=O) groups excluding carboxylic acids is 1. The molecule has 0 heterocycles. The van der Waals surface area contributed by atoms with E-state index in [1.807, 2.05) is 12.1 Å². The Balaban J connectivity index is 2.00. The Bertz CT molecular complexity index is 696. The number of nitrogens with one attached hydrogen (secondary N) is 1. The monoisotopic (exact) mass is 346 g/mol. The van der Waals surface area contributed by atoms with E-state index in [0.717, 1.165) is 4.47 Å². The van der Waals surface area contributed by atoms with E-state index in [9.17, 15) is 14.9 Å². The lowest BCUT2D eigenvalue weighted by atomic mass is 10.2. The number of hydrogen-bond donors (Lipinski definition) is 1. The second-order valence-corrected chi connectivity index (χ2v) is 5.10. The number of benzene rings is 2. The van der Waals surface area contributed by atoms with Gasteiger partial charge in [-0.1, -0.05) is 22.0 Å². The molecule has 0 saturated carbocycles. The first-order valence-corrected chi connectivity index (χ1v) is 6.83. The van der Waals surface area contributed by atoms with Gasteiger partial charge in [0, 0.05) is 28.4 Å². The summed E-state index contributed by atoms with van der Waals surface area (Å²) in [6.45, 7) is 0. The zero-order valence-corrected chi connectivity index (χ0v) is 12.4. The number of non-ortho nitro benzene ring substituents is 1. The van der Waals surface area contributed by atoms with Crippen molar-refractivity contribution in [2.45, 2.75) is 0 Å². The molecule has 6 heteroatoms. The second-order valence-electron chi connectivity index (χ2n) is 4.18. The Morgan fingerprint density at radius 2 is 1.90 bits per heavy atom. The third kappa shape index (κ3) is 4.54. The van der Waals surface area contributed by atoms with Gasteiger partial charge in [-0.15, -0.1) is 0 Å². The summed E-state index contributed by atoms with van der Waals surface area (Å²) in [5.41, 5.74) is 1.42. The molecule has 106 valence electrons. The van der Waals surface area contributed by atoms with Gasteiger partial charge >= 0.3 is 0 Å². The third-order valence-corrected chi connectivity index (χ3v) is 3.12. The van der Waals surface area contributed by atoms with Crippen LogP contribution < -0.4 is 5.32 Å². The van der Waals surface area contributed by atoms with Crippen molar-refractivity contribution >= 4 is 39.3 Å². The molecule has 0 aliphatic heterocycles. The fourth-order valence-electron chi connectivity index (χ4n) is 1.63. The van der Waals surface area contributed by atoms with Crippen molar-refractivity contribution in [3.8, 4) is 0 Å². The first-order valence-electron chi connectivity index (χ1n) is 6.04. The van der Waals surface area contributed by atoms with Crippen LogP contribution >= 0.6 is 15.9 Å². The van der Waals surface area contributed by atoms with E-state index in [-0.39, 0.29) is 11.6 Å². The number of nitrogens with zero attached hydrogens (tertiary/aromatic N) is 1. The van der Waals surface area contributed by atoms with Crippen LogP contribution in [0.4, 0.5) is 11.4 Å². The molecule has 0 radical (unpaired) electrons. The molecule has 2 aromatic carbocycles. The minimum atomic E-state index is -0.465. The third-order valence-electron chi connectivity index (χ3n) is 2.62. The molecular weight excluding hydrogens is 336 g/mol. The summed E-state index contributed by atoms with van der Waals surface area (Å²) in [5, 5.41) is 13.2. The minimum Gasteiger partial charge on any atom is -0.322 e. The molecule has 0 atom stereocenters. The maximum atomic E-state index is 11.8. The van der Waals surface area contributed by atoms with Gasteiger partial charge in [0.25, 0.3) is 5.69 Å². The van der Waals surface area contributed by atoms with Gasteiger partial charge in [0.05, 0.1) is 4.92 Å². The summed E-state index contributed by atoms with van der Waals surface area (Å²) < 4.78 is 0.875. The number of nitro benzene ring substituents is 1. The van der Waals surface area contributed by atoms with Crippen LogP contribution in [0.15, 0.2) is 59.1 Å². The Morgan fingerprint density at radius 3 is 2.52 bits per heavy atom. The topological polar surface area (TPSA) is 72.2 Å². The maximum absolute atomic E-state index is 11.8. The Morgan fingerprint density at radius 1 is 1.19 bits per heavy atom. The average Bonchev–Trinajstić information content (AvgIpc) is 2.45. The van der Waals surface area contributed by atoms with E-state index < -0.39 is 4.92 Å². The van der Waals surface area contributed by atoms with E-state index >= 15 is 0 Å². The van der Waals surface area contributed by atoms with Crippen molar-refractivity contribution in [2.24, 2.45) is 0 Å². The van der Waals surface area contributed by atoms with Crippen molar-refractivity contribution < 1.29 is 9.72 Å². The van der Waals surface area contributed by atoms with Crippen molar-refractivity contribution in [3.05, 3.63) is 74.8 Å². The molecule has 0 saturated heterocycles. The highest BCUT2D eigenvalue weighted by Crippen LogP contribution is 2.16.